The van der Waals surface area contributed by atoms with Crippen LogP contribution in [-0.2, 0) is 5.88 Å². The summed E-state index contributed by atoms with van der Waals surface area (Å²) in [5, 5.41) is 11.0. The zero-order valence-corrected chi connectivity index (χ0v) is 9.93. The summed E-state index contributed by atoms with van der Waals surface area (Å²) >= 11 is 13.2. The molecule has 0 aliphatic heterocycles. The third-order valence-electron chi connectivity index (χ3n) is 1.46. The fraction of sp³-hybridized carbons (Fsp3) is 0.143. The molecule has 70 valence electrons. The molecule has 6 heteroatoms. The molecule has 0 unspecified atom stereocenters. The van der Waals surface area contributed by atoms with Gasteiger partial charge in [-0.15, -0.1) is 11.6 Å². The Morgan fingerprint density at radius 3 is 2.62 bits per heavy atom. The summed E-state index contributed by atoms with van der Waals surface area (Å²) < 4.78 is 0.515. The lowest BCUT2D eigenvalue weighted by molar-refractivity contribution is -0.385. The van der Waals surface area contributed by atoms with Gasteiger partial charge in [0.1, 0.15) is 0 Å². The van der Waals surface area contributed by atoms with Gasteiger partial charge in [-0.05, 0) is 34.2 Å². The standard InChI is InChI=1S/C7H4Cl2INO2/c8-3-4-1-7(11(12)13)6(10)2-5(4)9/h1-2H,3H2. The van der Waals surface area contributed by atoms with Crippen LogP contribution in [0.5, 0.6) is 0 Å². The Kier molecular flexibility index (Phi) is 3.75. The van der Waals surface area contributed by atoms with E-state index in [9.17, 15) is 10.1 Å². The quantitative estimate of drug-likeness (QED) is 0.360. The Hall–Kier alpha value is -0.0700. The molecule has 0 aromatic heterocycles. The summed E-state index contributed by atoms with van der Waals surface area (Å²) in [6.07, 6.45) is 0. The molecule has 0 amide bonds. The summed E-state index contributed by atoms with van der Waals surface area (Å²) in [5.74, 6) is 0.177. The Labute approximate surface area is 98.3 Å². The van der Waals surface area contributed by atoms with Gasteiger partial charge in [0.2, 0.25) is 0 Å². The van der Waals surface area contributed by atoms with E-state index in [0.717, 1.165) is 0 Å². The minimum Gasteiger partial charge on any atom is -0.258 e. The smallest absolute Gasteiger partial charge is 0.258 e. The van der Waals surface area contributed by atoms with E-state index in [1.807, 2.05) is 22.6 Å². The SMILES string of the molecule is O=[N+]([O-])c1cc(CCl)c(Cl)cc1I. The van der Waals surface area contributed by atoms with E-state index in [-0.39, 0.29) is 11.6 Å². The summed E-state index contributed by atoms with van der Waals surface area (Å²) in [4.78, 5) is 10.1. The monoisotopic (exact) mass is 331 g/mol. The lowest BCUT2D eigenvalue weighted by atomic mass is 10.2. The molecule has 0 N–H and O–H groups in total. The zero-order valence-electron chi connectivity index (χ0n) is 6.26. The van der Waals surface area contributed by atoms with Crippen LogP contribution in [0.2, 0.25) is 5.02 Å². The van der Waals surface area contributed by atoms with E-state index >= 15 is 0 Å². The number of halogens is 3. The van der Waals surface area contributed by atoms with Crippen LogP contribution in [0.4, 0.5) is 5.69 Å². The Morgan fingerprint density at radius 2 is 2.15 bits per heavy atom. The van der Waals surface area contributed by atoms with Crippen LogP contribution in [0.1, 0.15) is 5.56 Å². The van der Waals surface area contributed by atoms with Gasteiger partial charge in [-0.2, -0.15) is 0 Å². The van der Waals surface area contributed by atoms with Crippen LogP contribution >= 0.6 is 45.8 Å². The summed E-state index contributed by atoms with van der Waals surface area (Å²) in [6, 6.07) is 2.94. The van der Waals surface area contributed by atoms with Gasteiger partial charge in [0.25, 0.3) is 5.69 Å². The maximum atomic E-state index is 10.5. The van der Waals surface area contributed by atoms with Crippen LogP contribution in [0.3, 0.4) is 0 Å². The lowest BCUT2D eigenvalue weighted by Gasteiger charge is -2.01. The van der Waals surface area contributed by atoms with Gasteiger partial charge in [0.15, 0.2) is 0 Å². The third-order valence-corrected chi connectivity index (χ3v) is 2.96. The molecule has 0 spiro atoms. The fourth-order valence-electron chi connectivity index (χ4n) is 0.823. The van der Waals surface area contributed by atoms with Crippen molar-refractivity contribution in [1.29, 1.82) is 0 Å². The largest absolute Gasteiger partial charge is 0.283 e. The molecule has 0 aliphatic rings. The number of rotatable bonds is 2. The Bertz CT molecular complexity index is 357. The van der Waals surface area contributed by atoms with Gasteiger partial charge in [-0.25, -0.2) is 0 Å². The Balaban J connectivity index is 3.30. The van der Waals surface area contributed by atoms with Gasteiger partial charge in [0, 0.05) is 17.0 Å². The van der Waals surface area contributed by atoms with Gasteiger partial charge < -0.3 is 0 Å². The van der Waals surface area contributed by atoms with Crippen molar-refractivity contribution in [2.75, 3.05) is 0 Å². The van der Waals surface area contributed by atoms with E-state index < -0.39 is 4.92 Å². The van der Waals surface area contributed by atoms with Gasteiger partial charge in [-0.3, -0.25) is 10.1 Å². The molecule has 0 fully saturated rings. The average molecular weight is 332 g/mol. The van der Waals surface area contributed by atoms with Crippen LogP contribution in [0, 0.1) is 13.7 Å². The zero-order chi connectivity index (χ0) is 10.0. The topological polar surface area (TPSA) is 43.1 Å². The summed E-state index contributed by atoms with van der Waals surface area (Å²) in [5.41, 5.74) is 0.621. The minimum atomic E-state index is -0.450. The molecule has 0 heterocycles. The number of nitro groups is 1. The minimum absolute atomic E-state index is 0.0423. The molecule has 3 nitrogen and oxygen atoms in total. The molecular weight excluding hydrogens is 328 g/mol. The molecule has 0 saturated heterocycles. The second kappa shape index (κ2) is 4.43. The van der Waals surface area contributed by atoms with Crippen LogP contribution in [-0.4, -0.2) is 4.92 Å². The van der Waals surface area contributed by atoms with Crippen molar-refractivity contribution >= 4 is 51.5 Å². The molecular formula is C7H4Cl2INO2. The molecule has 0 bridgehead atoms. The van der Waals surface area contributed by atoms with Gasteiger partial charge in [-0.1, -0.05) is 11.6 Å². The molecule has 1 rings (SSSR count). The highest BCUT2D eigenvalue weighted by atomic mass is 127. The van der Waals surface area contributed by atoms with E-state index in [1.165, 1.54) is 12.1 Å². The predicted octanol–water partition coefficient (Wildman–Crippen LogP) is 3.59. The number of nitro benzene ring substituents is 1. The molecule has 0 aliphatic carbocycles. The highest BCUT2D eigenvalue weighted by molar-refractivity contribution is 14.1. The second-order valence-electron chi connectivity index (χ2n) is 2.29. The lowest BCUT2D eigenvalue weighted by Crippen LogP contribution is -1.93. The second-order valence-corrected chi connectivity index (χ2v) is 4.12. The number of benzene rings is 1. The molecule has 1 aromatic rings. The first-order valence-electron chi connectivity index (χ1n) is 3.24. The molecule has 13 heavy (non-hydrogen) atoms. The molecule has 1 aromatic carbocycles. The van der Waals surface area contributed by atoms with E-state index in [1.54, 1.807) is 0 Å². The van der Waals surface area contributed by atoms with Crippen molar-refractivity contribution in [1.82, 2.24) is 0 Å². The molecule has 0 radical (unpaired) electrons. The predicted molar refractivity (Wildman–Crippen MR) is 60.4 cm³/mol. The normalized spacial score (nSPS) is 10.1. The van der Waals surface area contributed by atoms with E-state index in [0.29, 0.717) is 14.2 Å². The van der Waals surface area contributed by atoms with Crippen molar-refractivity contribution < 1.29 is 4.92 Å². The molecule has 0 saturated carbocycles. The van der Waals surface area contributed by atoms with Crippen LogP contribution in [0.25, 0.3) is 0 Å². The van der Waals surface area contributed by atoms with Crippen LogP contribution in [0.15, 0.2) is 12.1 Å². The van der Waals surface area contributed by atoms with E-state index in [2.05, 4.69) is 0 Å². The van der Waals surface area contributed by atoms with Gasteiger partial charge in [0.05, 0.1) is 8.49 Å². The average Bonchev–Trinajstić information content (AvgIpc) is 2.03. The highest BCUT2D eigenvalue weighted by Crippen LogP contribution is 2.28. The highest BCUT2D eigenvalue weighted by Gasteiger charge is 2.14. The van der Waals surface area contributed by atoms with Gasteiger partial charge >= 0.3 is 0 Å². The Morgan fingerprint density at radius 1 is 1.54 bits per heavy atom. The maximum absolute atomic E-state index is 10.5. The van der Waals surface area contributed by atoms with Crippen molar-refractivity contribution in [3.8, 4) is 0 Å². The van der Waals surface area contributed by atoms with Crippen molar-refractivity contribution in [3.05, 3.63) is 36.4 Å². The first-order valence-corrected chi connectivity index (χ1v) is 5.23. The molecule has 0 atom stereocenters. The summed E-state index contributed by atoms with van der Waals surface area (Å²) in [7, 11) is 0. The number of nitrogens with zero attached hydrogens (tertiary/aromatic N) is 1. The fourth-order valence-corrected chi connectivity index (χ4v) is 2.19. The first-order chi connectivity index (χ1) is 6.06. The number of alkyl halides is 1. The number of hydrogen-bond acceptors (Lipinski definition) is 2. The van der Waals surface area contributed by atoms with Crippen LogP contribution < -0.4 is 0 Å². The van der Waals surface area contributed by atoms with Crippen molar-refractivity contribution in [3.63, 3.8) is 0 Å². The van der Waals surface area contributed by atoms with E-state index in [4.69, 9.17) is 23.2 Å². The number of hydrogen-bond donors (Lipinski definition) is 0. The summed E-state index contributed by atoms with van der Waals surface area (Å²) in [6.45, 7) is 0. The van der Waals surface area contributed by atoms with Crippen molar-refractivity contribution in [2.24, 2.45) is 0 Å². The first kappa shape index (κ1) is 11.0. The van der Waals surface area contributed by atoms with Crippen molar-refractivity contribution in [2.45, 2.75) is 5.88 Å². The third kappa shape index (κ3) is 2.45. The maximum Gasteiger partial charge on any atom is 0.283 e.